The van der Waals surface area contributed by atoms with E-state index in [1.54, 1.807) is 0 Å². The van der Waals surface area contributed by atoms with Gasteiger partial charge in [-0.05, 0) is 24.1 Å². The molecule has 0 saturated carbocycles. The van der Waals surface area contributed by atoms with Crippen LogP contribution in [-0.4, -0.2) is 24.2 Å². The number of benzene rings is 1. The Labute approximate surface area is 123 Å². The maximum Gasteiger partial charge on any atom is 0.417 e. The molecule has 8 heteroatoms. The Hall–Kier alpha value is -1.76. The molecule has 0 aliphatic rings. The van der Waals surface area contributed by atoms with Gasteiger partial charge in [0, 0.05) is 0 Å². The number of rotatable bonds is 5. The van der Waals surface area contributed by atoms with Crippen molar-refractivity contribution in [2.45, 2.75) is 19.0 Å². The fraction of sp³-hybridized carbons (Fsp3) is 0.385. The standard InChI is InChI=1S/C13H12ClF3O4/c1-21-12(20)8(6-11(18)19)4-7-2-3-10(14)9(5-7)13(15,16)17/h2-3,5,8H,4,6H2,1H3,(H,18,19). The Morgan fingerprint density at radius 3 is 2.48 bits per heavy atom. The van der Waals surface area contributed by atoms with Crippen LogP contribution in [0.2, 0.25) is 5.02 Å². The van der Waals surface area contributed by atoms with Crippen LogP contribution in [0.4, 0.5) is 13.2 Å². The van der Waals surface area contributed by atoms with Crippen LogP contribution in [0.1, 0.15) is 17.5 Å². The van der Waals surface area contributed by atoms with Crippen LogP contribution >= 0.6 is 11.6 Å². The fourth-order valence-corrected chi connectivity index (χ4v) is 2.04. The summed E-state index contributed by atoms with van der Waals surface area (Å²) in [6.45, 7) is 0. The van der Waals surface area contributed by atoms with Gasteiger partial charge in [0.1, 0.15) is 0 Å². The molecule has 0 aliphatic carbocycles. The Bertz CT molecular complexity index is 543. The molecule has 0 aliphatic heterocycles. The van der Waals surface area contributed by atoms with E-state index in [4.69, 9.17) is 16.7 Å². The van der Waals surface area contributed by atoms with Gasteiger partial charge in [0.05, 0.1) is 30.0 Å². The highest BCUT2D eigenvalue weighted by Gasteiger charge is 2.33. The van der Waals surface area contributed by atoms with Crippen molar-refractivity contribution in [2.24, 2.45) is 5.92 Å². The SMILES string of the molecule is COC(=O)C(CC(=O)O)Cc1ccc(Cl)c(C(F)(F)F)c1. The molecule has 0 fully saturated rings. The second kappa shape index (κ2) is 6.80. The number of carbonyl (C=O) groups excluding carboxylic acids is 1. The summed E-state index contributed by atoms with van der Waals surface area (Å²) in [6, 6.07) is 3.18. The number of methoxy groups -OCH3 is 1. The summed E-state index contributed by atoms with van der Waals surface area (Å²) in [6.07, 6.45) is -5.34. The summed E-state index contributed by atoms with van der Waals surface area (Å²) in [5.74, 6) is -3.09. The summed E-state index contributed by atoms with van der Waals surface area (Å²) < 4.78 is 42.6. The van der Waals surface area contributed by atoms with Crippen LogP contribution in [0.15, 0.2) is 18.2 Å². The van der Waals surface area contributed by atoms with Gasteiger partial charge in [0.15, 0.2) is 0 Å². The van der Waals surface area contributed by atoms with E-state index in [0.29, 0.717) is 0 Å². The van der Waals surface area contributed by atoms with Gasteiger partial charge in [0.25, 0.3) is 0 Å². The van der Waals surface area contributed by atoms with Gasteiger partial charge in [-0.2, -0.15) is 13.2 Å². The molecule has 116 valence electrons. The molecule has 0 amide bonds. The minimum Gasteiger partial charge on any atom is -0.481 e. The number of carboxylic acid groups (broad SMARTS) is 1. The zero-order chi connectivity index (χ0) is 16.2. The lowest BCUT2D eigenvalue weighted by atomic mass is 9.95. The van der Waals surface area contributed by atoms with Crippen LogP contribution < -0.4 is 0 Å². The Morgan fingerprint density at radius 2 is 2.00 bits per heavy atom. The molecule has 1 unspecified atom stereocenters. The molecule has 1 aromatic carbocycles. The molecule has 0 heterocycles. The number of halogens is 4. The number of alkyl halides is 3. The Kier molecular flexibility index (Phi) is 5.60. The number of hydrogen-bond acceptors (Lipinski definition) is 3. The lowest BCUT2D eigenvalue weighted by Gasteiger charge is -2.15. The molecule has 0 aromatic heterocycles. The highest BCUT2D eigenvalue weighted by Crippen LogP contribution is 2.35. The number of ether oxygens (including phenoxy) is 1. The van der Waals surface area contributed by atoms with Gasteiger partial charge in [-0.3, -0.25) is 9.59 Å². The molecule has 1 rings (SSSR count). The van der Waals surface area contributed by atoms with Crippen molar-refractivity contribution in [3.8, 4) is 0 Å². The number of hydrogen-bond donors (Lipinski definition) is 1. The smallest absolute Gasteiger partial charge is 0.417 e. The van der Waals surface area contributed by atoms with Crippen molar-refractivity contribution in [3.05, 3.63) is 34.3 Å². The zero-order valence-electron chi connectivity index (χ0n) is 10.9. The highest BCUT2D eigenvalue weighted by molar-refractivity contribution is 6.31. The first-order chi connectivity index (χ1) is 9.65. The van der Waals surface area contributed by atoms with Crippen LogP contribution in [0, 0.1) is 5.92 Å². The van der Waals surface area contributed by atoms with Crippen LogP contribution in [0.5, 0.6) is 0 Å². The zero-order valence-corrected chi connectivity index (χ0v) is 11.7. The van der Waals surface area contributed by atoms with Gasteiger partial charge in [-0.15, -0.1) is 0 Å². The second-order valence-corrected chi connectivity index (χ2v) is 4.74. The summed E-state index contributed by atoms with van der Waals surface area (Å²) in [5, 5.41) is 8.27. The number of carbonyl (C=O) groups is 2. The van der Waals surface area contributed by atoms with Crippen LogP contribution in [0.3, 0.4) is 0 Å². The number of carboxylic acids is 1. The van der Waals surface area contributed by atoms with E-state index in [-0.39, 0.29) is 12.0 Å². The predicted octanol–water partition coefficient (Wildman–Crippen LogP) is 3.17. The molecule has 0 saturated heterocycles. The molecule has 0 bridgehead atoms. The van der Waals surface area contributed by atoms with Crippen molar-refractivity contribution in [1.29, 1.82) is 0 Å². The van der Waals surface area contributed by atoms with E-state index in [1.807, 2.05) is 0 Å². The largest absolute Gasteiger partial charge is 0.481 e. The lowest BCUT2D eigenvalue weighted by molar-refractivity contribution is -0.150. The van der Waals surface area contributed by atoms with Gasteiger partial charge < -0.3 is 9.84 Å². The normalized spacial score (nSPS) is 12.8. The second-order valence-electron chi connectivity index (χ2n) is 4.33. The van der Waals surface area contributed by atoms with E-state index in [9.17, 15) is 22.8 Å². The third-order valence-corrected chi connectivity index (χ3v) is 3.10. The molecule has 0 spiro atoms. The Morgan fingerprint density at radius 1 is 1.38 bits per heavy atom. The summed E-state index contributed by atoms with van der Waals surface area (Å²) in [4.78, 5) is 22.2. The third-order valence-electron chi connectivity index (χ3n) is 2.77. The van der Waals surface area contributed by atoms with Crippen molar-refractivity contribution in [3.63, 3.8) is 0 Å². The molecule has 1 atom stereocenters. The van der Waals surface area contributed by atoms with Gasteiger partial charge in [-0.25, -0.2) is 0 Å². The first kappa shape index (κ1) is 17.3. The van der Waals surface area contributed by atoms with E-state index < -0.39 is 41.0 Å². The maximum absolute atomic E-state index is 12.7. The van der Waals surface area contributed by atoms with Gasteiger partial charge in [0.2, 0.25) is 0 Å². The quantitative estimate of drug-likeness (QED) is 0.845. The van der Waals surface area contributed by atoms with Crippen molar-refractivity contribution < 1.29 is 32.6 Å². The minimum absolute atomic E-state index is 0.156. The molecule has 1 aromatic rings. The average molecular weight is 325 g/mol. The van der Waals surface area contributed by atoms with Crippen LogP contribution in [-0.2, 0) is 26.9 Å². The monoisotopic (exact) mass is 324 g/mol. The van der Waals surface area contributed by atoms with E-state index in [2.05, 4.69) is 4.74 Å². The topological polar surface area (TPSA) is 63.6 Å². The number of esters is 1. The van der Waals surface area contributed by atoms with E-state index >= 15 is 0 Å². The lowest BCUT2D eigenvalue weighted by Crippen LogP contribution is -2.22. The molecule has 4 nitrogen and oxygen atoms in total. The summed E-state index contributed by atoms with van der Waals surface area (Å²) in [5.41, 5.74) is -0.871. The molecule has 0 radical (unpaired) electrons. The maximum atomic E-state index is 12.7. The van der Waals surface area contributed by atoms with Crippen LogP contribution in [0.25, 0.3) is 0 Å². The highest BCUT2D eigenvalue weighted by atomic mass is 35.5. The fourth-order valence-electron chi connectivity index (χ4n) is 1.82. The van der Waals surface area contributed by atoms with Gasteiger partial charge in [-0.1, -0.05) is 17.7 Å². The Balaban J connectivity index is 3.04. The molecular weight excluding hydrogens is 313 g/mol. The molecular formula is C13H12ClF3O4. The van der Waals surface area contributed by atoms with Crippen molar-refractivity contribution in [2.75, 3.05) is 7.11 Å². The predicted molar refractivity (Wildman–Crippen MR) is 67.9 cm³/mol. The average Bonchev–Trinajstić information content (AvgIpc) is 2.37. The minimum atomic E-state index is -4.62. The first-order valence-electron chi connectivity index (χ1n) is 5.80. The van der Waals surface area contributed by atoms with E-state index in [1.165, 1.54) is 6.07 Å². The van der Waals surface area contributed by atoms with Crippen molar-refractivity contribution >= 4 is 23.5 Å². The summed E-state index contributed by atoms with van der Waals surface area (Å²) >= 11 is 5.49. The van der Waals surface area contributed by atoms with Gasteiger partial charge >= 0.3 is 18.1 Å². The molecule has 21 heavy (non-hydrogen) atoms. The van der Waals surface area contributed by atoms with Crippen molar-refractivity contribution in [1.82, 2.24) is 0 Å². The first-order valence-corrected chi connectivity index (χ1v) is 6.18. The third kappa shape index (κ3) is 4.93. The molecule has 1 N–H and O–H groups in total. The van der Waals surface area contributed by atoms with E-state index in [0.717, 1.165) is 19.2 Å². The number of aliphatic carboxylic acids is 1. The summed E-state index contributed by atoms with van der Waals surface area (Å²) in [7, 11) is 1.08.